The van der Waals surface area contributed by atoms with Crippen molar-refractivity contribution in [1.82, 2.24) is 4.90 Å². The molecular weight excluding hydrogens is 477 g/mol. The van der Waals surface area contributed by atoms with Gasteiger partial charge in [0.2, 0.25) is 5.91 Å². The Labute approximate surface area is 224 Å². The molecule has 4 aliphatic rings. The van der Waals surface area contributed by atoms with E-state index < -0.39 is 17.7 Å². The molecule has 2 amide bonds. The van der Waals surface area contributed by atoms with Crippen LogP contribution in [0.5, 0.6) is 0 Å². The molecule has 5 rings (SSSR count). The SMILES string of the molecule is CC1=C(C(=O)N2CCC[C@H](C(=O)Nc3ccc(C)c(N4CCCC4)c3)/C2=C/C2=CCCC=C2)C(F)=C=C=C1. The van der Waals surface area contributed by atoms with Gasteiger partial charge in [0.15, 0.2) is 5.83 Å². The van der Waals surface area contributed by atoms with E-state index in [1.165, 1.54) is 18.4 Å². The van der Waals surface area contributed by atoms with E-state index in [1.807, 2.05) is 24.3 Å². The zero-order chi connectivity index (χ0) is 26.6. The number of piperidine rings is 1. The highest BCUT2D eigenvalue weighted by Gasteiger charge is 2.36. The number of rotatable bonds is 5. The first-order valence-electron chi connectivity index (χ1n) is 13.6. The Morgan fingerprint density at radius 1 is 1.11 bits per heavy atom. The number of carbonyl (C=O) groups excluding carboxylic acids is 2. The molecule has 0 aromatic heterocycles. The number of carbonyl (C=O) groups is 2. The summed E-state index contributed by atoms with van der Waals surface area (Å²) < 4.78 is 14.7. The van der Waals surface area contributed by atoms with Crippen LogP contribution in [0, 0.1) is 12.8 Å². The third kappa shape index (κ3) is 5.38. The van der Waals surface area contributed by atoms with E-state index in [1.54, 1.807) is 17.9 Å². The van der Waals surface area contributed by atoms with Crippen molar-refractivity contribution in [2.24, 2.45) is 5.92 Å². The standard InChI is InChI=1S/C32H34FN3O2/c1-22-15-16-25(21-28(22)35-17-6-7-18-35)34-31(37)26-13-9-19-36(29(26)20-24-11-4-3-5-12-24)32(38)30-23(2)10-8-14-27(30)33/h4,10-12,15-16,20-21,26H,3,5-7,9,13,17-19H2,1-2H3,(H,34,37)/b29-20-/t26-/m0/s1. The molecule has 1 aromatic carbocycles. The first-order valence-corrected chi connectivity index (χ1v) is 13.6. The van der Waals surface area contributed by atoms with Crippen LogP contribution in [0.2, 0.25) is 0 Å². The van der Waals surface area contributed by atoms with Crippen molar-refractivity contribution in [3.05, 3.63) is 93.8 Å². The van der Waals surface area contributed by atoms with E-state index in [9.17, 15) is 14.0 Å². The quantitative estimate of drug-likeness (QED) is 0.464. The molecule has 2 heterocycles. The van der Waals surface area contributed by atoms with Gasteiger partial charge in [0.05, 0.1) is 11.5 Å². The Morgan fingerprint density at radius 3 is 2.66 bits per heavy atom. The number of likely N-dealkylation sites (tertiary alicyclic amines) is 1. The molecule has 0 bridgehead atoms. The van der Waals surface area contributed by atoms with Gasteiger partial charge < -0.3 is 15.1 Å². The molecule has 5 nitrogen and oxygen atoms in total. The van der Waals surface area contributed by atoms with Crippen LogP contribution in [0.1, 0.15) is 51.0 Å². The van der Waals surface area contributed by atoms with Gasteiger partial charge in [-0.3, -0.25) is 9.59 Å². The van der Waals surface area contributed by atoms with Crippen LogP contribution in [0.25, 0.3) is 0 Å². The molecular formula is C32H34FN3O2. The molecule has 1 atom stereocenters. The van der Waals surface area contributed by atoms with Crippen LogP contribution >= 0.6 is 0 Å². The van der Waals surface area contributed by atoms with Crippen molar-refractivity contribution < 1.29 is 14.0 Å². The molecule has 0 unspecified atom stereocenters. The van der Waals surface area contributed by atoms with Crippen LogP contribution in [0.15, 0.2) is 88.3 Å². The fourth-order valence-corrected chi connectivity index (χ4v) is 5.62. The number of amides is 2. The molecule has 0 radical (unpaired) electrons. The van der Waals surface area contributed by atoms with Crippen molar-refractivity contribution >= 4 is 23.2 Å². The van der Waals surface area contributed by atoms with Gasteiger partial charge in [-0.05, 0) is 99.1 Å². The summed E-state index contributed by atoms with van der Waals surface area (Å²) in [7, 11) is 0. The number of benzene rings is 1. The second kappa shape index (κ2) is 11.3. The lowest BCUT2D eigenvalue weighted by Crippen LogP contribution is -2.43. The van der Waals surface area contributed by atoms with Crippen LogP contribution in [-0.4, -0.2) is 36.3 Å². The average Bonchev–Trinajstić information content (AvgIpc) is 3.45. The largest absolute Gasteiger partial charge is 0.371 e. The van der Waals surface area contributed by atoms with Gasteiger partial charge in [-0.2, -0.15) is 4.39 Å². The fraction of sp³-hybridized carbons (Fsp3) is 0.375. The summed E-state index contributed by atoms with van der Waals surface area (Å²) in [5.41, 5.74) is 10.1. The third-order valence-corrected chi connectivity index (χ3v) is 7.66. The summed E-state index contributed by atoms with van der Waals surface area (Å²) in [4.78, 5) is 31.4. The summed E-state index contributed by atoms with van der Waals surface area (Å²) in [6.07, 6.45) is 15.2. The minimum atomic E-state index is -0.716. The smallest absolute Gasteiger partial charge is 0.261 e. The predicted octanol–water partition coefficient (Wildman–Crippen LogP) is 6.43. The van der Waals surface area contributed by atoms with Crippen molar-refractivity contribution in [2.75, 3.05) is 29.9 Å². The minimum absolute atomic E-state index is 0.0161. The molecule has 6 heteroatoms. The van der Waals surface area contributed by atoms with E-state index in [-0.39, 0.29) is 11.5 Å². The zero-order valence-corrected chi connectivity index (χ0v) is 22.1. The van der Waals surface area contributed by atoms with Gasteiger partial charge in [0.1, 0.15) is 0 Å². The van der Waals surface area contributed by atoms with E-state index in [4.69, 9.17) is 0 Å². The lowest BCUT2D eigenvalue weighted by atomic mass is 9.89. The summed E-state index contributed by atoms with van der Waals surface area (Å²) in [6, 6.07) is 6.03. The summed E-state index contributed by atoms with van der Waals surface area (Å²) >= 11 is 0. The topological polar surface area (TPSA) is 52.7 Å². The summed E-state index contributed by atoms with van der Waals surface area (Å²) in [6.45, 7) is 6.26. The maximum Gasteiger partial charge on any atom is 0.261 e. The monoisotopic (exact) mass is 511 g/mol. The van der Waals surface area contributed by atoms with Crippen molar-refractivity contribution in [2.45, 2.75) is 52.4 Å². The Kier molecular flexibility index (Phi) is 7.64. The van der Waals surface area contributed by atoms with Crippen LogP contribution in [-0.2, 0) is 9.59 Å². The van der Waals surface area contributed by atoms with Crippen molar-refractivity contribution in [1.29, 1.82) is 0 Å². The second-order valence-corrected chi connectivity index (χ2v) is 10.4. The Morgan fingerprint density at radius 2 is 1.92 bits per heavy atom. The minimum Gasteiger partial charge on any atom is -0.371 e. The highest BCUT2D eigenvalue weighted by Crippen LogP contribution is 2.34. The highest BCUT2D eigenvalue weighted by atomic mass is 19.1. The molecule has 2 aliphatic heterocycles. The molecule has 2 saturated heterocycles. The van der Waals surface area contributed by atoms with Gasteiger partial charge in [0, 0.05) is 36.7 Å². The Hall–Kier alpha value is -3.85. The fourth-order valence-electron chi connectivity index (χ4n) is 5.62. The van der Waals surface area contributed by atoms with Gasteiger partial charge in [0.25, 0.3) is 5.91 Å². The van der Waals surface area contributed by atoms with Crippen molar-refractivity contribution in [3.8, 4) is 0 Å². The maximum atomic E-state index is 14.7. The number of allylic oxidation sites excluding steroid dienone is 7. The summed E-state index contributed by atoms with van der Waals surface area (Å²) in [5, 5.41) is 3.12. The zero-order valence-electron chi connectivity index (χ0n) is 22.1. The molecule has 2 aliphatic carbocycles. The molecule has 2 fully saturated rings. The first-order chi connectivity index (χ1) is 18.4. The number of aryl methyl sites for hydroxylation is 1. The molecule has 1 aromatic rings. The van der Waals surface area contributed by atoms with Crippen molar-refractivity contribution in [3.63, 3.8) is 0 Å². The predicted molar refractivity (Wildman–Crippen MR) is 149 cm³/mol. The molecule has 0 spiro atoms. The number of halogens is 1. The van der Waals surface area contributed by atoms with Gasteiger partial charge in [-0.1, -0.05) is 30.0 Å². The third-order valence-electron chi connectivity index (χ3n) is 7.66. The highest BCUT2D eigenvalue weighted by molar-refractivity contribution is 6.01. The molecule has 1 N–H and O–H groups in total. The van der Waals surface area contributed by atoms with E-state index >= 15 is 0 Å². The Bertz CT molecular complexity index is 1380. The molecule has 0 saturated carbocycles. The maximum absolute atomic E-state index is 14.7. The Balaban J connectivity index is 1.45. The number of hydrogen-bond donors (Lipinski definition) is 1. The number of nitrogens with one attached hydrogen (secondary N) is 1. The molecule has 38 heavy (non-hydrogen) atoms. The van der Waals surface area contributed by atoms with E-state index in [0.29, 0.717) is 30.7 Å². The normalized spacial score (nSPS) is 22.2. The van der Waals surface area contributed by atoms with Crippen LogP contribution in [0.3, 0.4) is 0 Å². The van der Waals surface area contributed by atoms with Crippen LogP contribution in [0.4, 0.5) is 15.8 Å². The van der Waals surface area contributed by atoms with Gasteiger partial charge in [-0.25, -0.2) is 0 Å². The lowest BCUT2D eigenvalue weighted by Gasteiger charge is -2.36. The second-order valence-electron chi connectivity index (χ2n) is 10.4. The molecule has 196 valence electrons. The van der Waals surface area contributed by atoms with E-state index in [0.717, 1.165) is 42.9 Å². The number of hydrogen-bond acceptors (Lipinski definition) is 3. The lowest BCUT2D eigenvalue weighted by molar-refractivity contribution is -0.127. The average molecular weight is 512 g/mol. The van der Waals surface area contributed by atoms with Gasteiger partial charge >= 0.3 is 0 Å². The number of nitrogens with zero attached hydrogens (tertiary/aromatic N) is 2. The first kappa shape index (κ1) is 25.8. The summed E-state index contributed by atoms with van der Waals surface area (Å²) in [5.74, 6) is -1.86. The number of anilines is 2. The van der Waals surface area contributed by atoms with Gasteiger partial charge in [-0.15, -0.1) is 0 Å². The van der Waals surface area contributed by atoms with E-state index in [2.05, 4.69) is 46.8 Å². The van der Waals surface area contributed by atoms with Crippen LogP contribution < -0.4 is 10.2 Å².